The minimum absolute atomic E-state index is 0.0202. The topological polar surface area (TPSA) is 34.9 Å². The maximum atomic E-state index is 11.1. The third-order valence-corrected chi connectivity index (χ3v) is 2.09. The van der Waals surface area contributed by atoms with Crippen LogP contribution >= 0.6 is 11.8 Å². The van der Waals surface area contributed by atoms with Gasteiger partial charge in [-0.1, -0.05) is 11.8 Å². The summed E-state index contributed by atoms with van der Waals surface area (Å²) in [5.41, 5.74) is 0.0202. The molecule has 0 N–H and O–H groups in total. The number of rotatable bonds is 2. The maximum absolute atomic E-state index is 11.1. The van der Waals surface area contributed by atoms with Gasteiger partial charge in [-0.3, -0.25) is 9.36 Å². The zero-order valence-electron chi connectivity index (χ0n) is 6.57. The van der Waals surface area contributed by atoms with Crippen molar-refractivity contribution in [3.63, 3.8) is 0 Å². The highest BCUT2D eigenvalue weighted by Gasteiger charge is 1.99. The van der Waals surface area contributed by atoms with Gasteiger partial charge in [-0.15, -0.1) is 0 Å². The quantitative estimate of drug-likeness (QED) is 0.490. The Morgan fingerprint density at radius 1 is 1.73 bits per heavy atom. The minimum Gasteiger partial charge on any atom is -0.288 e. The fraction of sp³-hybridized carbons (Fsp3) is 0.429. The molecule has 0 aliphatic carbocycles. The van der Waals surface area contributed by atoms with Crippen molar-refractivity contribution in [1.82, 2.24) is 9.55 Å². The van der Waals surface area contributed by atoms with Gasteiger partial charge >= 0.3 is 0 Å². The van der Waals surface area contributed by atoms with Crippen LogP contribution in [-0.2, 0) is 6.54 Å². The first-order chi connectivity index (χ1) is 5.29. The number of nitrogens with zero attached hydrogens (tertiary/aromatic N) is 2. The molecular weight excluding hydrogens is 160 g/mol. The molecule has 0 aliphatic rings. The van der Waals surface area contributed by atoms with Crippen LogP contribution in [0.15, 0.2) is 22.2 Å². The van der Waals surface area contributed by atoms with Crippen molar-refractivity contribution >= 4 is 11.8 Å². The first kappa shape index (κ1) is 8.33. The van der Waals surface area contributed by atoms with Gasteiger partial charge in [0.2, 0.25) is 0 Å². The molecule has 0 radical (unpaired) electrons. The van der Waals surface area contributed by atoms with E-state index in [0.29, 0.717) is 6.54 Å². The average Bonchev–Trinajstić information content (AvgIpc) is 2.04. The fourth-order valence-electron chi connectivity index (χ4n) is 0.873. The molecule has 1 aromatic rings. The second kappa shape index (κ2) is 3.57. The van der Waals surface area contributed by atoms with Gasteiger partial charge in [-0.05, 0) is 13.2 Å². The van der Waals surface area contributed by atoms with E-state index >= 15 is 0 Å². The van der Waals surface area contributed by atoms with Crippen LogP contribution in [0.2, 0.25) is 0 Å². The largest absolute Gasteiger partial charge is 0.288 e. The van der Waals surface area contributed by atoms with Gasteiger partial charge in [0.1, 0.15) is 0 Å². The van der Waals surface area contributed by atoms with Gasteiger partial charge in [-0.25, -0.2) is 4.98 Å². The third-order valence-electron chi connectivity index (χ3n) is 1.40. The van der Waals surface area contributed by atoms with Gasteiger partial charge in [-0.2, -0.15) is 0 Å². The molecule has 0 aliphatic heterocycles. The van der Waals surface area contributed by atoms with E-state index in [1.165, 1.54) is 17.8 Å². The highest BCUT2D eigenvalue weighted by Crippen LogP contribution is 2.06. The van der Waals surface area contributed by atoms with Gasteiger partial charge < -0.3 is 0 Å². The number of hydrogen-bond donors (Lipinski definition) is 0. The SMILES string of the molecule is CCn1c(SC)nccc1=O. The molecule has 11 heavy (non-hydrogen) atoms. The predicted octanol–water partition coefficient (Wildman–Crippen LogP) is 0.985. The Hall–Kier alpha value is -0.770. The molecule has 0 fully saturated rings. The van der Waals surface area contributed by atoms with Crippen LogP contribution in [0, 0.1) is 0 Å². The molecule has 3 nitrogen and oxygen atoms in total. The summed E-state index contributed by atoms with van der Waals surface area (Å²) >= 11 is 1.49. The normalized spacial score (nSPS) is 10.0. The summed E-state index contributed by atoms with van der Waals surface area (Å²) in [6, 6.07) is 1.48. The standard InChI is InChI=1S/C7H10N2OS/c1-3-9-6(10)4-5-8-7(9)11-2/h4-5H,3H2,1-2H3. The second-order valence-corrected chi connectivity index (χ2v) is 2.79. The van der Waals surface area contributed by atoms with Crippen LogP contribution in [0.1, 0.15) is 6.92 Å². The summed E-state index contributed by atoms with van der Waals surface area (Å²) in [6.07, 6.45) is 3.45. The Morgan fingerprint density at radius 3 is 2.91 bits per heavy atom. The van der Waals surface area contributed by atoms with Crippen LogP contribution in [0.3, 0.4) is 0 Å². The van der Waals surface area contributed by atoms with E-state index in [0.717, 1.165) is 5.16 Å². The van der Waals surface area contributed by atoms with Crippen molar-refractivity contribution < 1.29 is 0 Å². The average molecular weight is 170 g/mol. The van der Waals surface area contributed by atoms with E-state index in [-0.39, 0.29) is 5.56 Å². The molecule has 0 bridgehead atoms. The third kappa shape index (κ3) is 1.63. The highest BCUT2D eigenvalue weighted by molar-refractivity contribution is 7.98. The Kier molecular flexibility index (Phi) is 2.70. The van der Waals surface area contributed by atoms with Crippen molar-refractivity contribution in [2.75, 3.05) is 6.26 Å². The predicted molar refractivity (Wildman–Crippen MR) is 46.0 cm³/mol. The first-order valence-electron chi connectivity index (χ1n) is 3.39. The number of aromatic nitrogens is 2. The molecule has 60 valence electrons. The summed E-state index contributed by atoms with van der Waals surface area (Å²) in [4.78, 5) is 15.2. The lowest BCUT2D eigenvalue weighted by molar-refractivity contribution is 0.623. The van der Waals surface area contributed by atoms with Gasteiger partial charge in [0.25, 0.3) is 5.56 Å². The van der Waals surface area contributed by atoms with E-state index in [2.05, 4.69) is 4.98 Å². The lowest BCUT2D eigenvalue weighted by Gasteiger charge is -2.04. The molecule has 0 spiro atoms. The van der Waals surface area contributed by atoms with Crippen molar-refractivity contribution in [3.05, 3.63) is 22.6 Å². The van der Waals surface area contributed by atoms with Crippen molar-refractivity contribution in [2.24, 2.45) is 0 Å². The van der Waals surface area contributed by atoms with Gasteiger partial charge in [0, 0.05) is 18.8 Å². The lowest BCUT2D eigenvalue weighted by atomic mass is 10.6. The fourth-order valence-corrected chi connectivity index (χ4v) is 1.48. The van der Waals surface area contributed by atoms with Crippen LogP contribution in [-0.4, -0.2) is 15.8 Å². The maximum Gasteiger partial charge on any atom is 0.254 e. The molecule has 0 saturated carbocycles. The Labute approximate surface area is 69.5 Å². The molecule has 0 amide bonds. The molecule has 1 rings (SSSR count). The summed E-state index contributed by atoms with van der Waals surface area (Å²) in [6.45, 7) is 2.62. The van der Waals surface area contributed by atoms with Gasteiger partial charge in [0.05, 0.1) is 0 Å². The summed E-state index contributed by atoms with van der Waals surface area (Å²) in [7, 11) is 0. The molecule has 4 heteroatoms. The molecule has 0 atom stereocenters. The molecule has 1 heterocycles. The Morgan fingerprint density at radius 2 is 2.45 bits per heavy atom. The molecule has 0 aromatic carbocycles. The van der Waals surface area contributed by atoms with Gasteiger partial charge in [0.15, 0.2) is 5.16 Å². The summed E-state index contributed by atoms with van der Waals surface area (Å²) < 4.78 is 1.64. The van der Waals surface area contributed by atoms with Crippen molar-refractivity contribution in [2.45, 2.75) is 18.6 Å². The number of thioether (sulfide) groups is 1. The van der Waals surface area contributed by atoms with E-state index in [4.69, 9.17) is 0 Å². The zero-order valence-corrected chi connectivity index (χ0v) is 7.39. The molecule has 0 saturated heterocycles. The smallest absolute Gasteiger partial charge is 0.254 e. The molecular formula is C7H10N2OS. The van der Waals surface area contributed by atoms with Crippen molar-refractivity contribution in [3.8, 4) is 0 Å². The monoisotopic (exact) mass is 170 g/mol. The van der Waals surface area contributed by atoms with Crippen LogP contribution < -0.4 is 5.56 Å². The lowest BCUT2D eigenvalue weighted by Crippen LogP contribution is -2.20. The van der Waals surface area contributed by atoms with E-state index in [1.54, 1.807) is 10.8 Å². The van der Waals surface area contributed by atoms with E-state index in [1.807, 2.05) is 13.2 Å². The Bertz CT molecular complexity index is 295. The Balaban J connectivity index is 3.24. The molecule has 0 unspecified atom stereocenters. The highest BCUT2D eigenvalue weighted by atomic mass is 32.2. The van der Waals surface area contributed by atoms with Crippen LogP contribution in [0.4, 0.5) is 0 Å². The first-order valence-corrected chi connectivity index (χ1v) is 4.62. The number of hydrogen-bond acceptors (Lipinski definition) is 3. The van der Waals surface area contributed by atoms with Crippen LogP contribution in [0.25, 0.3) is 0 Å². The van der Waals surface area contributed by atoms with E-state index in [9.17, 15) is 4.79 Å². The second-order valence-electron chi connectivity index (χ2n) is 2.01. The van der Waals surface area contributed by atoms with Crippen LogP contribution in [0.5, 0.6) is 0 Å². The van der Waals surface area contributed by atoms with Crippen molar-refractivity contribution in [1.29, 1.82) is 0 Å². The molecule has 1 aromatic heterocycles. The minimum atomic E-state index is 0.0202. The zero-order chi connectivity index (χ0) is 8.27. The summed E-state index contributed by atoms with van der Waals surface area (Å²) in [5, 5.41) is 0.778. The summed E-state index contributed by atoms with van der Waals surface area (Å²) in [5.74, 6) is 0. The van der Waals surface area contributed by atoms with E-state index < -0.39 is 0 Å².